The van der Waals surface area contributed by atoms with Crippen molar-refractivity contribution in [3.8, 4) is 0 Å². The van der Waals surface area contributed by atoms with Crippen molar-refractivity contribution >= 4 is 28.9 Å². The molecule has 0 unspecified atom stereocenters. The smallest absolute Gasteiger partial charge is 0.223 e. The fraction of sp³-hybridized carbons (Fsp3) is 0.333. The van der Waals surface area contributed by atoms with Crippen molar-refractivity contribution in [2.75, 3.05) is 0 Å². The number of benzene rings is 1. The summed E-state index contributed by atoms with van der Waals surface area (Å²) in [5, 5.41) is 1.25. The summed E-state index contributed by atoms with van der Waals surface area (Å²) in [6.07, 6.45) is 2.86. The molecule has 0 amide bonds. The molecular formula is C18H21ClN2S. The van der Waals surface area contributed by atoms with Gasteiger partial charge in [0.1, 0.15) is 5.03 Å². The topological polar surface area (TPSA) is 25.8 Å². The van der Waals surface area contributed by atoms with E-state index in [-0.39, 0.29) is 0 Å². The molecule has 0 aliphatic rings. The number of allylic oxidation sites excluding steroid dienone is 2. The van der Waals surface area contributed by atoms with Crippen molar-refractivity contribution in [1.82, 2.24) is 9.97 Å². The minimum Gasteiger partial charge on any atom is -0.226 e. The summed E-state index contributed by atoms with van der Waals surface area (Å²) < 4.78 is 0. The first-order chi connectivity index (χ1) is 10.5. The predicted octanol–water partition coefficient (Wildman–Crippen LogP) is 5.93. The van der Waals surface area contributed by atoms with Gasteiger partial charge < -0.3 is 0 Å². The Morgan fingerprint density at radius 2 is 1.86 bits per heavy atom. The van der Waals surface area contributed by atoms with Crippen LogP contribution in [-0.4, -0.2) is 9.97 Å². The van der Waals surface area contributed by atoms with Gasteiger partial charge >= 0.3 is 0 Å². The van der Waals surface area contributed by atoms with Gasteiger partial charge in [-0.15, -0.1) is 11.8 Å². The van der Waals surface area contributed by atoms with E-state index in [1.165, 1.54) is 22.3 Å². The molecule has 22 heavy (non-hydrogen) atoms. The third kappa shape index (κ3) is 4.34. The monoisotopic (exact) mass is 332 g/mol. The average Bonchev–Trinajstić information content (AvgIpc) is 2.54. The number of thioether (sulfide) groups is 1. The van der Waals surface area contributed by atoms with Crippen LogP contribution in [-0.2, 0) is 5.75 Å². The molecule has 4 heteroatoms. The molecule has 1 aromatic heterocycles. The molecule has 2 aromatic rings. The van der Waals surface area contributed by atoms with Crippen molar-refractivity contribution < 1.29 is 0 Å². The zero-order valence-electron chi connectivity index (χ0n) is 13.5. The molecule has 0 radical (unpaired) electrons. The van der Waals surface area contributed by atoms with E-state index in [4.69, 9.17) is 11.6 Å². The Balaban J connectivity index is 2.07. The van der Waals surface area contributed by atoms with Crippen LogP contribution in [0.15, 0.2) is 41.1 Å². The Morgan fingerprint density at radius 3 is 2.50 bits per heavy atom. The lowest BCUT2D eigenvalue weighted by molar-refractivity contribution is 1.00. The maximum absolute atomic E-state index is 5.86. The second-order valence-corrected chi connectivity index (χ2v) is 6.67. The van der Waals surface area contributed by atoms with Crippen molar-refractivity contribution in [3.05, 3.63) is 58.0 Å². The molecule has 0 saturated heterocycles. The van der Waals surface area contributed by atoms with Crippen LogP contribution in [0.1, 0.15) is 43.9 Å². The second-order valence-electron chi connectivity index (χ2n) is 5.37. The normalized spacial score (nSPS) is 12.2. The van der Waals surface area contributed by atoms with Crippen LogP contribution in [0.5, 0.6) is 0 Å². The fourth-order valence-corrected chi connectivity index (χ4v) is 3.18. The highest BCUT2D eigenvalue weighted by Gasteiger charge is 2.05. The quantitative estimate of drug-likeness (QED) is 0.385. The Bertz CT molecular complexity index is 678. The summed E-state index contributed by atoms with van der Waals surface area (Å²) in [6, 6.07) is 8.77. The number of rotatable bonds is 5. The highest BCUT2D eigenvalue weighted by atomic mass is 35.5. The molecule has 0 bridgehead atoms. The van der Waals surface area contributed by atoms with Crippen LogP contribution < -0.4 is 0 Å². The summed E-state index contributed by atoms with van der Waals surface area (Å²) in [4.78, 5) is 8.26. The van der Waals surface area contributed by atoms with Crippen LogP contribution in [0, 0.1) is 6.92 Å². The van der Waals surface area contributed by atoms with E-state index in [1.807, 2.05) is 6.92 Å². The molecule has 2 nitrogen and oxygen atoms in total. The van der Waals surface area contributed by atoms with Gasteiger partial charge in [0.05, 0.1) is 0 Å². The Morgan fingerprint density at radius 1 is 1.18 bits per heavy atom. The lowest BCUT2D eigenvalue weighted by atomic mass is 10.00. The van der Waals surface area contributed by atoms with Gasteiger partial charge in [-0.05, 0) is 61.1 Å². The predicted molar refractivity (Wildman–Crippen MR) is 96.3 cm³/mol. The highest BCUT2D eigenvalue weighted by Crippen LogP contribution is 2.26. The van der Waals surface area contributed by atoms with Crippen LogP contribution in [0.2, 0.25) is 5.28 Å². The average molecular weight is 333 g/mol. The minimum absolute atomic E-state index is 0.305. The number of nitrogens with zero attached hydrogens (tertiary/aromatic N) is 2. The molecule has 0 N–H and O–H groups in total. The summed E-state index contributed by atoms with van der Waals surface area (Å²) >= 11 is 7.55. The summed E-state index contributed by atoms with van der Waals surface area (Å²) in [5.41, 5.74) is 6.45. The Kier molecular flexibility index (Phi) is 6.04. The number of hydrogen-bond donors (Lipinski definition) is 0. The van der Waals surface area contributed by atoms with E-state index in [2.05, 4.69) is 55.0 Å². The van der Waals surface area contributed by atoms with Gasteiger partial charge in [0.2, 0.25) is 5.28 Å². The molecule has 0 aliphatic carbocycles. The van der Waals surface area contributed by atoms with Gasteiger partial charge in [-0.3, -0.25) is 0 Å². The Labute approximate surface area is 142 Å². The van der Waals surface area contributed by atoms with Gasteiger partial charge in [-0.25, -0.2) is 9.97 Å². The molecule has 1 aromatic carbocycles. The van der Waals surface area contributed by atoms with Crippen LogP contribution in [0.25, 0.3) is 5.57 Å². The number of aromatic nitrogens is 2. The van der Waals surface area contributed by atoms with E-state index in [0.717, 1.165) is 22.8 Å². The largest absolute Gasteiger partial charge is 0.226 e. The molecule has 0 saturated carbocycles. The van der Waals surface area contributed by atoms with Gasteiger partial charge in [0.15, 0.2) is 0 Å². The first-order valence-electron chi connectivity index (χ1n) is 7.39. The highest BCUT2D eigenvalue weighted by molar-refractivity contribution is 7.98. The van der Waals surface area contributed by atoms with Crippen LogP contribution >= 0.6 is 23.4 Å². The first kappa shape index (κ1) is 17.0. The van der Waals surface area contributed by atoms with E-state index < -0.39 is 0 Å². The summed E-state index contributed by atoms with van der Waals surface area (Å²) in [6.45, 7) is 8.58. The lowest BCUT2D eigenvalue weighted by Crippen LogP contribution is -1.91. The fourth-order valence-electron chi connectivity index (χ4n) is 2.07. The van der Waals surface area contributed by atoms with Gasteiger partial charge in [-0.2, -0.15) is 0 Å². The SMILES string of the molecule is CCC(C)=C(C)c1ccc(CSc2nc(Cl)ncc2C)cc1. The van der Waals surface area contributed by atoms with Gasteiger partial charge in [0.25, 0.3) is 0 Å². The van der Waals surface area contributed by atoms with Crippen molar-refractivity contribution in [3.63, 3.8) is 0 Å². The molecule has 2 rings (SSSR count). The standard InChI is InChI=1S/C18H21ClN2S/c1-5-12(2)14(4)16-8-6-15(7-9-16)11-22-17-13(3)10-20-18(19)21-17/h6-10H,5,11H2,1-4H3. The maximum Gasteiger partial charge on any atom is 0.223 e. The molecular weight excluding hydrogens is 312 g/mol. The third-order valence-electron chi connectivity index (χ3n) is 3.83. The zero-order valence-corrected chi connectivity index (χ0v) is 15.1. The molecule has 0 aliphatic heterocycles. The van der Waals surface area contributed by atoms with Crippen molar-refractivity contribution in [2.24, 2.45) is 0 Å². The van der Waals surface area contributed by atoms with Crippen LogP contribution in [0.4, 0.5) is 0 Å². The van der Waals surface area contributed by atoms with Gasteiger partial charge in [-0.1, -0.05) is 36.8 Å². The summed E-state index contributed by atoms with van der Waals surface area (Å²) in [5.74, 6) is 0.879. The first-order valence-corrected chi connectivity index (χ1v) is 8.75. The van der Waals surface area contributed by atoms with Crippen molar-refractivity contribution in [2.45, 2.75) is 44.9 Å². The van der Waals surface area contributed by atoms with E-state index in [1.54, 1.807) is 18.0 Å². The van der Waals surface area contributed by atoms with Crippen LogP contribution in [0.3, 0.4) is 0 Å². The number of aryl methyl sites for hydroxylation is 1. The molecule has 116 valence electrons. The number of hydrogen-bond acceptors (Lipinski definition) is 3. The summed E-state index contributed by atoms with van der Waals surface area (Å²) in [7, 11) is 0. The lowest BCUT2D eigenvalue weighted by Gasteiger charge is -2.08. The minimum atomic E-state index is 0.305. The molecule has 1 heterocycles. The molecule has 0 atom stereocenters. The third-order valence-corrected chi connectivity index (χ3v) is 5.18. The Hall–Kier alpha value is -1.32. The van der Waals surface area contributed by atoms with E-state index in [9.17, 15) is 0 Å². The van der Waals surface area contributed by atoms with Crippen molar-refractivity contribution in [1.29, 1.82) is 0 Å². The maximum atomic E-state index is 5.86. The number of halogens is 1. The van der Waals surface area contributed by atoms with E-state index >= 15 is 0 Å². The molecule has 0 fully saturated rings. The second kappa shape index (κ2) is 7.80. The molecule has 0 spiro atoms. The zero-order chi connectivity index (χ0) is 16.1. The van der Waals surface area contributed by atoms with E-state index in [0.29, 0.717) is 5.28 Å². The van der Waals surface area contributed by atoms with Gasteiger partial charge in [0, 0.05) is 11.9 Å².